The maximum absolute atomic E-state index is 12.7. The van der Waals surface area contributed by atoms with Crippen LogP contribution in [0.25, 0.3) is 0 Å². The van der Waals surface area contributed by atoms with Crippen LogP contribution in [0.15, 0.2) is 54.6 Å². The highest BCUT2D eigenvalue weighted by Gasteiger charge is 2.47. The van der Waals surface area contributed by atoms with E-state index in [4.69, 9.17) is 9.47 Å². The number of nitrogens with one attached hydrogen (secondary N) is 1. The molecule has 0 bridgehead atoms. The van der Waals surface area contributed by atoms with E-state index < -0.39 is 0 Å². The fraction of sp³-hybridized carbons (Fsp3) is 0.458. The van der Waals surface area contributed by atoms with Gasteiger partial charge in [0.05, 0.1) is 20.1 Å². The number of hydrogen-bond donors (Lipinski definition) is 1. The van der Waals surface area contributed by atoms with Crippen LogP contribution in [0.1, 0.15) is 24.0 Å². The normalized spacial score (nSPS) is 24.5. The molecule has 154 valence electrons. The van der Waals surface area contributed by atoms with E-state index in [-0.39, 0.29) is 17.4 Å². The summed E-state index contributed by atoms with van der Waals surface area (Å²) in [4.78, 5) is 15.2. The molecule has 2 aliphatic rings. The van der Waals surface area contributed by atoms with Crippen molar-refractivity contribution in [3.63, 3.8) is 0 Å². The Labute approximate surface area is 173 Å². The molecular formula is C24H30N2O3. The minimum atomic E-state index is 0.0110. The van der Waals surface area contributed by atoms with Gasteiger partial charge in [-0.2, -0.15) is 0 Å². The monoisotopic (exact) mass is 394 g/mol. The van der Waals surface area contributed by atoms with Crippen LogP contribution in [0.3, 0.4) is 0 Å². The van der Waals surface area contributed by atoms with Gasteiger partial charge in [0.15, 0.2) is 0 Å². The zero-order chi connectivity index (χ0) is 20.1. The van der Waals surface area contributed by atoms with Gasteiger partial charge in [0.25, 0.3) is 0 Å². The molecule has 4 rings (SSSR count). The Morgan fingerprint density at radius 3 is 2.72 bits per heavy atom. The first-order chi connectivity index (χ1) is 14.2. The van der Waals surface area contributed by atoms with Crippen molar-refractivity contribution in [3.05, 3.63) is 65.7 Å². The molecule has 1 spiro atoms. The number of amides is 1. The molecule has 2 atom stereocenters. The number of benzene rings is 2. The van der Waals surface area contributed by atoms with Crippen molar-refractivity contribution >= 4 is 5.91 Å². The van der Waals surface area contributed by atoms with Gasteiger partial charge < -0.3 is 14.8 Å². The van der Waals surface area contributed by atoms with Crippen LogP contribution in [0.4, 0.5) is 0 Å². The van der Waals surface area contributed by atoms with E-state index in [0.717, 1.165) is 57.0 Å². The highest BCUT2D eigenvalue weighted by molar-refractivity contribution is 5.79. The zero-order valence-corrected chi connectivity index (χ0v) is 17.1. The maximum atomic E-state index is 12.7. The summed E-state index contributed by atoms with van der Waals surface area (Å²) in [7, 11) is 1.69. The molecule has 1 N–H and O–H groups in total. The number of hydrogen-bond acceptors (Lipinski definition) is 4. The van der Waals surface area contributed by atoms with Crippen molar-refractivity contribution < 1.29 is 14.3 Å². The number of ether oxygens (including phenoxy) is 2. The summed E-state index contributed by atoms with van der Waals surface area (Å²) in [5.41, 5.74) is 2.35. The number of carbonyl (C=O) groups excluding carboxylic acids is 1. The Hall–Kier alpha value is -2.37. The summed E-state index contributed by atoms with van der Waals surface area (Å²) in [6.45, 7) is 4.34. The van der Waals surface area contributed by atoms with Crippen molar-refractivity contribution in [2.75, 3.05) is 33.4 Å². The van der Waals surface area contributed by atoms with Crippen LogP contribution >= 0.6 is 0 Å². The second-order valence-electron chi connectivity index (χ2n) is 8.29. The summed E-state index contributed by atoms with van der Waals surface area (Å²) in [5, 5.41) is 3.34. The minimum Gasteiger partial charge on any atom is -0.497 e. The third-order valence-corrected chi connectivity index (χ3v) is 6.25. The van der Waals surface area contributed by atoms with E-state index in [2.05, 4.69) is 22.3 Å². The summed E-state index contributed by atoms with van der Waals surface area (Å²) in [6.07, 6.45) is 2.38. The van der Waals surface area contributed by atoms with Gasteiger partial charge in [0.2, 0.25) is 5.91 Å². The summed E-state index contributed by atoms with van der Waals surface area (Å²) < 4.78 is 11.1. The van der Waals surface area contributed by atoms with Crippen LogP contribution in [0.2, 0.25) is 0 Å². The molecular weight excluding hydrogens is 364 g/mol. The summed E-state index contributed by atoms with van der Waals surface area (Å²) in [5.74, 6) is 0.990. The van der Waals surface area contributed by atoms with Gasteiger partial charge in [0.1, 0.15) is 5.75 Å². The lowest BCUT2D eigenvalue weighted by Crippen LogP contribution is -2.55. The van der Waals surface area contributed by atoms with Crippen molar-refractivity contribution in [1.82, 2.24) is 10.2 Å². The second kappa shape index (κ2) is 8.97. The Balaban J connectivity index is 1.38. The number of carbonyl (C=O) groups is 1. The predicted octanol–water partition coefficient (Wildman–Crippen LogP) is 3.04. The predicted molar refractivity (Wildman–Crippen MR) is 113 cm³/mol. The fourth-order valence-electron chi connectivity index (χ4n) is 4.65. The zero-order valence-electron chi connectivity index (χ0n) is 17.1. The molecule has 0 aromatic heterocycles. The van der Waals surface area contributed by atoms with Gasteiger partial charge in [-0.05, 0) is 42.6 Å². The first-order valence-corrected chi connectivity index (χ1v) is 10.4. The lowest BCUT2D eigenvalue weighted by atomic mass is 9.77. The van der Waals surface area contributed by atoms with Gasteiger partial charge >= 0.3 is 0 Å². The van der Waals surface area contributed by atoms with Crippen LogP contribution in [-0.4, -0.2) is 50.3 Å². The molecule has 2 aliphatic heterocycles. The number of rotatable bonds is 6. The standard InChI is InChI=1S/C24H30N2O3/c1-28-21-9-7-20(8-10-21)16-26-13-12-24(17-26)18-29-14-11-22(24)25-23(27)15-19-5-3-2-4-6-19/h2-10,22H,11-18H2,1H3,(H,25,27)/t22-,24-/m1/s1. The Morgan fingerprint density at radius 2 is 1.97 bits per heavy atom. The molecule has 5 heteroatoms. The molecule has 2 aromatic carbocycles. The van der Waals surface area contributed by atoms with Crippen LogP contribution < -0.4 is 10.1 Å². The van der Waals surface area contributed by atoms with Crippen molar-refractivity contribution in [3.8, 4) is 5.75 Å². The highest BCUT2D eigenvalue weighted by Crippen LogP contribution is 2.39. The number of likely N-dealkylation sites (tertiary alicyclic amines) is 1. The van der Waals surface area contributed by atoms with Crippen LogP contribution in [0.5, 0.6) is 5.75 Å². The van der Waals surface area contributed by atoms with Crippen molar-refractivity contribution in [1.29, 1.82) is 0 Å². The van der Waals surface area contributed by atoms with Gasteiger partial charge in [-0.25, -0.2) is 0 Å². The first-order valence-electron chi connectivity index (χ1n) is 10.4. The Morgan fingerprint density at radius 1 is 1.17 bits per heavy atom. The molecule has 0 unspecified atom stereocenters. The topological polar surface area (TPSA) is 50.8 Å². The van der Waals surface area contributed by atoms with E-state index in [0.29, 0.717) is 6.42 Å². The maximum Gasteiger partial charge on any atom is 0.224 e. The van der Waals surface area contributed by atoms with E-state index in [1.54, 1.807) is 7.11 Å². The minimum absolute atomic E-state index is 0.0110. The molecule has 2 heterocycles. The second-order valence-corrected chi connectivity index (χ2v) is 8.29. The van der Waals surface area contributed by atoms with E-state index in [1.807, 2.05) is 42.5 Å². The molecule has 5 nitrogen and oxygen atoms in total. The lowest BCUT2D eigenvalue weighted by Gasteiger charge is -2.41. The quantitative estimate of drug-likeness (QED) is 0.818. The summed E-state index contributed by atoms with van der Waals surface area (Å²) >= 11 is 0. The van der Waals surface area contributed by atoms with Crippen molar-refractivity contribution in [2.24, 2.45) is 5.41 Å². The number of methoxy groups -OCH3 is 1. The molecule has 0 aliphatic carbocycles. The van der Waals surface area contributed by atoms with E-state index >= 15 is 0 Å². The third-order valence-electron chi connectivity index (χ3n) is 6.25. The Bertz CT molecular complexity index is 809. The van der Waals surface area contributed by atoms with E-state index in [1.165, 1.54) is 5.56 Å². The van der Waals surface area contributed by atoms with Gasteiger partial charge in [-0.3, -0.25) is 9.69 Å². The largest absolute Gasteiger partial charge is 0.497 e. The SMILES string of the molecule is COc1ccc(CN2CC[C@]3(COCC[C@H]3NC(=O)Cc3ccccc3)C2)cc1. The first kappa shape index (κ1) is 19.9. The molecule has 1 amide bonds. The van der Waals surface area contributed by atoms with Gasteiger partial charge in [0, 0.05) is 31.2 Å². The van der Waals surface area contributed by atoms with Crippen molar-refractivity contribution in [2.45, 2.75) is 31.8 Å². The van der Waals surface area contributed by atoms with Crippen LogP contribution in [0, 0.1) is 5.41 Å². The third kappa shape index (κ3) is 4.80. The smallest absolute Gasteiger partial charge is 0.224 e. The van der Waals surface area contributed by atoms with Gasteiger partial charge in [-0.1, -0.05) is 42.5 Å². The molecule has 2 saturated heterocycles. The average Bonchev–Trinajstić information content (AvgIpc) is 3.14. The molecule has 2 aromatic rings. The molecule has 29 heavy (non-hydrogen) atoms. The van der Waals surface area contributed by atoms with Crippen LogP contribution in [-0.2, 0) is 22.5 Å². The molecule has 0 saturated carbocycles. The Kier molecular flexibility index (Phi) is 6.16. The van der Waals surface area contributed by atoms with E-state index in [9.17, 15) is 4.79 Å². The summed E-state index contributed by atoms with van der Waals surface area (Å²) in [6, 6.07) is 18.4. The lowest BCUT2D eigenvalue weighted by molar-refractivity contribution is -0.124. The molecule has 2 fully saturated rings. The molecule has 0 radical (unpaired) electrons. The number of nitrogens with zero attached hydrogens (tertiary/aromatic N) is 1. The fourth-order valence-corrected chi connectivity index (χ4v) is 4.65. The highest BCUT2D eigenvalue weighted by atomic mass is 16.5. The average molecular weight is 395 g/mol. The van der Waals surface area contributed by atoms with Gasteiger partial charge in [-0.15, -0.1) is 0 Å².